The number of esters is 1. The maximum Gasteiger partial charge on any atom is 0.516 e. The van der Waals surface area contributed by atoms with E-state index >= 15 is 0 Å². The average molecular weight is 248 g/mol. The Labute approximate surface area is 97.6 Å². The number of ether oxygens (including phenoxy) is 2. The highest BCUT2D eigenvalue weighted by Crippen LogP contribution is 2.09. The van der Waals surface area contributed by atoms with Gasteiger partial charge in [0.25, 0.3) is 0 Å². The number of carbonyl (C=O) groups excluding carboxylic acids is 2. The Hall–Kier alpha value is -1.82. The SMILES string of the molecule is CCOC(=O)OC(=O)c1cc(O)ccn1.Cl. The molecule has 1 N–H and O–H groups in total. The lowest BCUT2D eigenvalue weighted by atomic mass is 10.3. The van der Waals surface area contributed by atoms with Crippen LogP contribution in [0.4, 0.5) is 4.79 Å². The van der Waals surface area contributed by atoms with Crippen molar-refractivity contribution in [3.63, 3.8) is 0 Å². The first-order valence-electron chi connectivity index (χ1n) is 4.17. The Bertz CT molecular complexity index is 382. The van der Waals surface area contributed by atoms with E-state index in [2.05, 4.69) is 14.5 Å². The van der Waals surface area contributed by atoms with Crippen molar-refractivity contribution in [2.24, 2.45) is 0 Å². The monoisotopic (exact) mass is 247 g/mol. The molecule has 0 aliphatic rings. The fourth-order valence-corrected chi connectivity index (χ4v) is 0.806. The molecule has 16 heavy (non-hydrogen) atoms. The fourth-order valence-electron chi connectivity index (χ4n) is 0.806. The van der Waals surface area contributed by atoms with E-state index in [9.17, 15) is 9.59 Å². The normalized spacial score (nSPS) is 8.81. The van der Waals surface area contributed by atoms with Crippen molar-refractivity contribution < 1.29 is 24.2 Å². The van der Waals surface area contributed by atoms with Gasteiger partial charge in [-0.05, 0) is 13.0 Å². The van der Waals surface area contributed by atoms with Gasteiger partial charge in [0.1, 0.15) is 5.75 Å². The van der Waals surface area contributed by atoms with Crippen LogP contribution in [-0.2, 0) is 9.47 Å². The van der Waals surface area contributed by atoms with Crippen molar-refractivity contribution in [2.75, 3.05) is 6.61 Å². The Morgan fingerprint density at radius 2 is 2.19 bits per heavy atom. The van der Waals surface area contributed by atoms with Crippen LogP contribution in [0.25, 0.3) is 0 Å². The molecule has 0 unspecified atom stereocenters. The number of halogens is 1. The van der Waals surface area contributed by atoms with Crippen LogP contribution < -0.4 is 0 Å². The Morgan fingerprint density at radius 1 is 1.50 bits per heavy atom. The number of hydrogen-bond acceptors (Lipinski definition) is 6. The van der Waals surface area contributed by atoms with Gasteiger partial charge in [0, 0.05) is 12.3 Å². The highest BCUT2D eigenvalue weighted by atomic mass is 35.5. The number of nitrogens with zero attached hydrogens (tertiary/aromatic N) is 1. The molecule has 0 bridgehead atoms. The van der Waals surface area contributed by atoms with Gasteiger partial charge in [-0.1, -0.05) is 0 Å². The summed E-state index contributed by atoms with van der Waals surface area (Å²) in [4.78, 5) is 25.6. The van der Waals surface area contributed by atoms with E-state index in [1.54, 1.807) is 6.92 Å². The Morgan fingerprint density at radius 3 is 2.75 bits per heavy atom. The molecule has 0 fully saturated rings. The second-order valence-electron chi connectivity index (χ2n) is 2.47. The highest BCUT2D eigenvalue weighted by Gasteiger charge is 2.15. The summed E-state index contributed by atoms with van der Waals surface area (Å²) in [6.07, 6.45) is 0.129. The van der Waals surface area contributed by atoms with Gasteiger partial charge in [0.15, 0.2) is 5.69 Å². The molecule has 1 rings (SSSR count). The molecule has 0 aliphatic heterocycles. The van der Waals surface area contributed by atoms with Gasteiger partial charge < -0.3 is 14.6 Å². The third-order valence-electron chi connectivity index (χ3n) is 1.39. The predicted octanol–water partition coefficient (Wildman–Crippen LogP) is 1.52. The Kier molecular flexibility index (Phi) is 5.87. The second-order valence-corrected chi connectivity index (χ2v) is 2.47. The maximum absolute atomic E-state index is 11.2. The summed E-state index contributed by atoms with van der Waals surface area (Å²) in [6, 6.07) is 2.38. The van der Waals surface area contributed by atoms with Gasteiger partial charge in [-0.15, -0.1) is 12.4 Å². The summed E-state index contributed by atoms with van der Waals surface area (Å²) in [7, 11) is 0. The van der Waals surface area contributed by atoms with E-state index in [1.807, 2.05) is 0 Å². The van der Waals surface area contributed by atoms with Crippen molar-refractivity contribution in [1.82, 2.24) is 4.98 Å². The molecular weight excluding hydrogens is 238 g/mol. The number of aromatic hydroxyl groups is 1. The van der Waals surface area contributed by atoms with Gasteiger partial charge in [-0.3, -0.25) is 0 Å². The number of carbonyl (C=O) groups is 2. The van der Waals surface area contributed by atoms with Crippen molar-refractivity contribution in [2.45, 2.75) is 6.92 Å². The largest absolute Gasteiger partial charge is 0.516 e. The summed E-state index contributed by atoms with van der Waals surface area (Å²) in [5.74, 6) is -1.11. The molecule has 0 spiro atoms. The molecule has 0 saturated carbocycles. The standard InChI is InChI=1S/C9H9NO5.ClH/c1-2-14-9(13)15-8(12)7-5-6(11)3-4-10-7;/h3-5H,2H2,1H3,(H,10,11);1H. The van der Waals surface area contributed by atoms with Gasteiger partial charge in [0.05, 0.1) is 6.61 Å². The van der Waals surface area contributed by atoms with Crippen molar-refractivity contribution in [3.05, 3.63) is 24.0 Å². The van der Waals surface area contributed by atoms with Crippen molar-refractivity contribution >= 4 is 24.5 Å². The third-order valence-corrected chi connectivity index (χ3v) is 1.39. The van der Waals surface area contributed by atoms with Crippen LogP contribution in [0.15, 0.2) is 18.3 Å². The number of rotatable bonds is 2. The lowest BCUT2D eigenvalue weighted by Gasteiger charge is -2.01. The van der Waals surface area contributed by atoms with E-state index in [0.29, 0.717) is 0 Å². The molecule has 0 aromatic carbocycles. The zero-order chi connectivity index (χ0) is 11.3. The zero-order valence-electron chi connectivity index (χ0n) is 8.37. The first-order chi connectivity index (χ1) is 7.13. The molecule has 1 aromatic heterocycles. The first-order valence-corrected chi connectivity index (χ1v) is 4.17. The minimum Gasteiger partial charge on any atom is -0.508 e. The van der Waals surface area contributed by atoms with Crippen molar-refractivity contribution in [1.29, 1.82) is 0 Å². The van der Waals surface area contributed by atoms with Crippen LogP contribution >= 0.6 is 12.4 Å². The molecule has 0 atom stereocenters. The molecule has 0 saturated heterocycles. The topological polar surface area (TPSA) is 85.7 Å². The van der Waals surface area contributed by atoms with Crippen molar-refractivity contribution in [3.8, 4) is 5.75 Å². The molecule has 0 radical (unpaired) electrons. The number of aromatic nitrogens is 1. The summed E-state index contributed by atoms with van der Waals surface area (Å²) >= 11 is 0. The second kappa shape index (κ2) is 6.62. The summed E-state index contributed by atoms with van der Waals surface area (Å²) in [5.41, 5.74) is -0.164. The van der Waals surface area contributed by atoms with E-state index in [4.69, 9.17) is 5.11 Å². The molecule has 0 aliphatic carbocycles. The number of pyridine rings is 1. The van der Waals surface area contributed by atoms with E-state index < -0.39 is 12.1 Å². The van der Waals surface area contributed by atoms with Crippen LogP contribution in [0, 0.1) is 0 Å². The average Bonchev–Trinajstić information content (AvgIpc) is 2.18. The molecular formula is C9H10ClNO5. The highest BCUT2D eigenvalue weighted by molar-refractivity contribution is 5.93. The van der Waals surface area contributed by atoms with E-state index in [0.717, 1.165) is 6.07 Å². The quantitative estimate of drug-likeness (QED) is 0.630. The minimum atomic E-state index is -1.09. The molecule has 88 valence electrons. The van der Waals surface area contributed by atoms with E-state index in [1.165, 1.54) is 12.3 Å². The van der Waals surface area contributed by atoms with Crippen LogP contribution in [0.1, 0.15) is 17.4 Å². The summed E-state index contributed by atoms with van der Waals surface area (Å²) < 4.78 is 8.65. The zero-order valence-corrected chi connectivity index (χ0v) is 9.19. The molecule has 0 amide bonds. The van der Waals surface area contributed by atoms with Gasteiger partial charge >= 0.3 is 12.1 Å². The minimum absolute atomic E-state index is 0. The van der Waals surface area contributed by atoms with Crippen LogP contribution in [0.2, 0.25) is 0 Å². The third kappa shape index (κ3) is 4.14. The summed E-state index contributed by atoms with van der Waals surface area (Å²) in [6.45, 7) is 1.69. The molecule has 1 heterocycles. The summed E-state index contributed by atoms with van der Waals surface area (Å²) in [5, 5.41) is 9.04. The van der Waals surface area contributed by atoms with Gasteiger partial charge in [-0.2, -0.15) is 0 Å². The molecule has 7 heteroatoms. The van der Waals surface area contributed by atoms with Gasteiger partial charge in [-0.25, -0.2) is 14.6 Å². The first kappa shape index (κ1) is 14.2. The lowest BCUT2D eigenvalue weighted by Crippen LogP contribution is -2.14. The lowest BCUT2D eigenvalue weighted by molar-refractivity contribution is 0.0396. The molecule has 1 aromatic rings. The van der Waals surface area contributed by atoms with Gasteiger partial charge in [0.2, 0.25) is 0 Å². The predicted molar refractivity (Wildman–Crippen MR) is 55.6 cm³/mol. The fraction of sp³-hybridized carbons (Fsp3) is 0.222. The molecule has 6 nitrogen and oxygen atoms in total. The maximum atomic E-state index is 11.2. The Balaban J connectivity index is 0.00000225. The van der Waals surface area contributed by atoms with Crippen LogP contribution in [-0.4, -0.2) is 28.8 Å². The smallest absolute Gasteiger partial charge is 0.508 e. The van der Waals surface area contributed by atoms with Crippen LogP contribution in [0.5, 0.6) is 5.75 Å². The van der Waals surface area contributed by atoms with E-state index in [-0.39, 0.29) is 30.5 Å². The number of hydrogen-bond donors (Lipinski definition) is 1. The van der Waals surface area contributed by atoms with Crippen LogP contribution in [0.3, 0.4) is 0 Å².